The summed E-state index contributed by atoms with van der Waals surface area (Å²) >= 11 is -2.83. The van der Waals surface area contributed by atoms with Crippen molar-refractivity contribution in [3.05, 3.63) is 143 Å². The Morgan fingerprint density at radius 1 is 0.698 bits per heavy atom. The average Bonchev–Trinajstić information content (AvgIpc) is 3.70. The van der Waals surface area contributed by atoms with Gasteiger partial charge in [0.2, 0.25) is 0 Å². The summed E-state index contributed by atoms with van der Waals surface area (Å²) < 4.78 is 3.85. The molecule has 0 aromatic heterocycles. The number of hydrogen-bond donors (Lipinski definition) is 0. The van der Waals surface area contributed by atoms with E-state index in [2.05, 4.69) is 157 Å². The molecule has 0 saturated carbocycles. The van der Waals surface area contributed by atoms with E-state index in [9.17, 15) is 0 Å². The van der Waals surface area contributed by atoms with Gasteiger partial charge in [-0.25, -0.2) is 0 Å². The third kappa shape index (κ3) is 5.66. The van der Waals surface area contributed by atoms with E-state index in [4.69, 9.17) is 0 Å². The first-order valence-electron chi connectivity index (χ1n) is 16.3. The zero-order valence-electron chi connectivity index (χ0n) is 26.9. The summed E-state index contributed by atoms with van der Waals surface area (Å²) in [5.74, 6) is 0. The Morgan fingerprint density at radius 2 is 1.28 bits per heavy atom. The van der Waals surface area contributed by atoms with E-state index in [1.165, 1.54) is 51.5 Å². The summed E-state index contributed by atoms with van der Waals surface area (Å²) in [6, 6.07) is 40.0. The van der Waals surface area contributed by atoms with Crippen molar-refractivity contribution in [1.29, 1.82) is 0 Å². The molecule has 0 saturated heterocycles. The van der Waals surface area contributed by atoms with Gasteiger partial charge in [-0.15, -0.1) is 0 Å². The van der Waals surface area contributed by atoms with Crippen molar-refractivity contribution >= 4 is 19.8 Å². The van der Waals surface area contributed by atoms with Crippen LogP contribution in [0.25, 0.3) is 11.1 Å². The van der Waals surface area contributed by atoms with Crippen LogP contribution in [0.1, 0.15) is 69.4 Å². The second-order valence-corrected chi connectivity index (χ2v) is 27.9. The molecule has 4 aromatic carbocycles. The maximum atomic E-state index is 2.52. The molecule has 6 rings (SSSR count). The summed E-state index contributed by atoms with van der Waals surface area (Å²) in [5, 5.41) is 1.63. The molecule has 0 bridgehead atoms. The van der Waals surface area contributed by atoms with Gasteiger partial charge in [0.15, 0.2) is 0 Å². The van der Waals surface area contributed by atoms with Gasteiger partial charge in [-0.2, -0.15) is 0 Å². The molecule has 0 heterocycles. The van der Waals surface area contributed by atoms with Crippen molar-refractivity contribution < 1.29 is 21.0 Å². The Morgan fingerprint density at radius 3 is 1.88 bits per heavy atom. The summed E-state index contributed by atoms with van der Waals surface area (Å²) in [6.45, 7) is 14.2. The van der Waals surface area contributed by atoms with Crippen molar-refractivity contribution in [3.63, 3.8) is 0 Å². The molecule has 0 unspecified atom stereocenters. The van der Waals surface area contributed by atoms with E-state index in [1.54, 1.807) is 17.3 Å². The molecule has 2 heteroatoms. The van der Waals surface area contributed by atoms with E-state index in [0.29, 0.717) is 3.67 Å². The van der Waals surface area contributed by atoms with Crippen molar-refractivity contribution in [2.75, 3.05) is 0 Å². The molecule has 2 aliphatic rings. The molecule has 2 aliphatic carbocycles. The van der Waals surface area contributed by atoms with Crippen LogP contribution in [0.4, 0.5) is 0 Å². The fourth-order valence-electron chi connectivity index (χ4n) is 7.48. The van der Waals surface area contributed by atoms with Gasteiger partial charge in [0, 0.05) is 0 Å². The van der Waals surface area contributed by atoms with Gasteiger partial charge in [-0.3, -0.25) is 0 Å². The fraction of sp³-hybridized carbons (Fsp3) is 0.293. The topological polar surface area (TPSA) is 0 Å². The van der Waals surface area contributed by atoms with Crippen LogP contribution in [0.15, 0.2) is 115 Å². The molecule has 218 valence electrons. The number of hydrogen-bond acceptors (Lipinski definition) is 0. The number of allylic oxidation sites excluding steroid dienone is 4. The van der Waals surface area contributed by atoms with E-state index in [1.807, 2.05) is 0 Å². The van der Waals surface area contributed by atoms with Gasteiger partial charge in [0.05, 0.1) is 0 Å². The molecule has 0 N–H and O–H groups in total. The molecule has 0 spiro atoms. The molecule has 4 aromatic rings. The van der Waals surface area contributed by atoms with Gasteiger partial charge in [0.1, 0.15) is 0 Å². The maximum absolute atomic E-state index is 2.83. The zero-order chi connectivity index (χ0) is 30.2. The van der Waals surface area contributed by atoms with Crippen LogP contribution in [0.2, 0.25) is 21.8 Å². The number of rotatable bonds is 8. The predicted molar refractivity (Wildman–Crippen MR) is 188 cm³/mol. The van der Waals surface area contributed by atoms with Gasteiger partial charge in [-0.1, -0.05) is 0 Å². The second-order valence-electron chi connectivity index (χ2n) is 13.5. The first-order valence-corrected chi connectivity index (χ1v) is 24.6. The molecule has 0 aliphatic heterocycles. The third-order valence-corrected chi connectivity index (χ3v) is 27.5. The quantitative estimate of drug-likeness (QED) is 0.139. The summed E-state index contributed by atoms with van der Waals surface area (Å²) in [4.78, 5) is 0. The van der Waals surface area contributed by atoms with Gasteiger partial charge in [-0.05, 0) is 0 Å². The van der Waals surface area contributed by atoms with E-state index in [-0.39, 0.29) is 5.41 Å². The molecule has 0 radical (unpaired) electrons. The molecule has 0 atom stereocenters. The van der Waals surface area contributed by atoms with E-state index in [0.717, 1.165) is 6.42 Å². The summed E-state index contributed by atoms with van der Waals surface area (Å²) in [5.41, 5.74) is 10.4. The van der Waals surface area contributed by atoms with Crippen molar-refractivity contribution in [3.8, 4) is 11.1 Å². The van der Waals surface area contributed by atoms with Gasteiger partial charge < -0.3 is 0 Å². The molecular weight excluding hydrogens is 699 g/mol. The summed E-state index contributed by atoms with van der Waals surface area (Å²) in [6.07, 6.45) is 10.7. The van der Waals surface area contributed by atoms with Crippen LogP contribution in [-0.2, 0) is 32.8 Å². The van der Waals surface area contributed by atoms with Gasteiger partial charge >= 0.3 is 270 Å². The molecular formula is C41H46HfSi. The number of fused-ring (bicyclic) bond motifs is 3. The SMILES string of the molecule is CC[Si](CC)(CC)c1ccc([C](c2ccc(C(C)(C)C)cc2)=[Hf]([c]2cccc3c2Cc2ccccc2-3)[CH]2C=CC=C2)cc1. The standard InChI is InChI=1S/C23H32Si.C13H9.C5H5.Hf/c1-7-24(8-2,9-3)22-16-12-20(13-17-22)18-19-10-14-21(15-11-19)23(4,5)6;1-3-7-12-10(5-1)9-11-6-2-4-8-13(11)12;1-2-4-5-3-1;/h10-17H,7-9H2,1-6H3;1-5,7-8H,9H2;1-5H;. The van der Waals surface area contributed by atoms with Crippen molar-refractivity contribution in [2.45, 2.75) is 75.2 Å². The normalized spacial score (nSPS) is 15.0. The van der Waals surface area contributed by atoms with Crippen LogP contribution >= 0.6 is 0 Å². The Kier molecular flexibility index (Phi) is 8.73. The average molecular weight is 745 g/mol. The minimum atomic E-state index is -2.83. The molecule has 43 heavy (non-hydrogen) atoms. The molecule has 0 fully saturated rings. The van der Waals surface area contributed by atoms with E-state index >= 15 is 0 Å². The Labute approximate surface area is 268 Å². The van der Waals surface area contributed by atoms with Crippen LogP contribution in [0, 0.1) is 0 Å². The van der Waals surface area contributed by atoms with Crippen LogP contribution in [-0.4, -0.2) is 11.3 Å². The van der Waals surface area contributed by atoms with Crippen LogP contribution < -0.4 is 8.51 Å². The monoisotopic (exact) mass is 746 g/mol. The van der Waals surface area contributed by atoms with Crippen molar-refractivity contribution in [2.24, 2.45) is 0 Å². The minimum absolute atomic E-state index is 0.140. The first kappa shape index (κ1) is 30.3. The van der Waals surface area contributed by atoms with Crippen LogP contribution in [0.5, 0.6) is 0 Å². The Bertz CT molecular complexity index is 1690. The van der Waals surface area contributed by atoms with E-state index < -0.39 is 29.0 Å². The predicted octanol–water partition coefficient (Wildman–Crippen LogP) is 9.70. The first-order chi connectivity index (χ1) is 20.8. The number of benzene rings is 4. The fourth-order valence-corrected chi connectivity index (χ4v) is 23.1. The Balaban J connectivity index is 1.62. The van der Waals surface area contributed by atoms with Gasteiger partial charge in [0.25, 0.3) is 0 Å². The Hall–Kier alpha value is -2.68. The second kappa shape index (κ2) is 12.4. The molecule has 0 amide bonds. The zero-order valence-corrected chi connectivity index (χ0v) is 31.5. The molecule has 0 nitrogen and oxygen atoms in total. The van der Waals surface area contributed by atoms with Crippen molar-refractivity contribution in [1.82, 2.24) is 0 Å². The summed E-state index contributed by atoms with van der Waals surface area (Å²) in [7, 11) is -1.44. The third-order valence-electron chi connectivity index (χ3n) is 10.3. The van der Waals surface area contributed by atoms with Crippen LogP contribution in [0.3, 0.4) is 0 Å².